The van der Waals surface area contributed by atoms with Crippen LogP contribution in [0.15, 0.2) is 23.1 Å². The molecule has 0 fully saturated rings. The van der Waals surface area contributed by atoms with Gasteiger partial charge < -0.3 is 9.64 Å². The Balaban J connectivity index is 3.19. The normalized spacial score (nSPS) is 10.0. The van der Waals surface area contributed by atoms with E-state index in [9.17, 15) is 19.7 Å². The number of nitro groups is 1. The number of nitrogens with zero attached hydrogens (tertiary/aromatic N) is 2. The summed E-state index contributed by atoms with van der Waals surface area (Å²) in [6.45, 7) is 1.69. The number of ether oxygens (including phenoxy) is 1. The van der Waals surface area contributed by atoms with Crippen LogP contribution in [0.4, 0.5) is 5.69 Å². The van der Waals surface area contributed by atoms with Crippen LogP contribution in [0.3, 0.4) is 0 Å². The predicted octanol–water partition coefficient (Wildman–Crippen LogP) is 1.95. The molecule has 0 aliphatic carbocycles. The fourth-order valence-electron chi connectivity index (χ4n) is 1.69. The molecule has 0 aliphatic heterocycles. The number of esters is 1. The molecule has 0 spiro atoms. The van der Waals surface area contributed by atoms with Crippen molar-refractivity contribution in [1.29, 1.82) is 0 Å². The first kappa shape index (κ1) is 17.0. The van der Waals surface area contributed by atoms with E-state index in [1.165, 1.54) is 35.9 Å². The van der Waals surface area contributed by atoms with E-state index in [1.807, 2.05) is 6.26 Å². The lowest BCUT2D eigenvalue weighted by molar-refractivity contribution is -0.385. The van der Waals surface area contributed by atoms with Crippen molar-refractivity contribution in [3.8, 4) is 0 Å². The zero-order valence-corrected chi connectivity index (χ0v) is 12.8. The molecule has 0 unspecified atom stereocenters. The summed E-state index contributed by atoms with van der Waals surface area (Å²) in [5, 5.41) is 11.1. The summed E-state index contributed by atoms with van der Waals surface area (Å²) in [4.78, 5) is 36.1. The van der Waals surface area contributed by atoms with E-state index in [0.29, 0.717) is 0 Å². The van der Waals surface area contributed by atoms with Crippen LogP contribution < -0.4 is 0 Å². The number of methoxy groups -OCH3 is 1. The van der Waals surface area contributed by atoms with Gasteiger partial charge in [-0.1, -0.05) is 0 Å². The lowest BCUT2D eigenvalue weighted by atomic mass is 10.1. The summed E-state index contributed by atoms with van der Waals surface area (Å²) in [5.74, 6) is -1.14. The maximum absolute atomic E-state index is 12.4. The lowest BCUT2D eigenvalue weighted by Gasteiger charge is -2.19. The van der Waals surface area contributed by atoms with Gasteiger partial charge in [-0.2, -0.15) is 0 Å². The molecule has 0 heterocycles. The average Bonchev–Trinajstić information content (AvgIpc) is 2.50. The Morgan fingerprint density at radius 1 is 1.43 bits per heavy atom. The highest BCUT2D eigenvalue weighted by Crippen LogP contribution is 2.26. The molecule has 1 rings (SSSR count). The molecule has 1 amide bonds. The Kier molecular flexibility index (Phi) is 6.16. The molecule has 0 saturated heterocycles. The number of benzene rings is 1. The van der Waals surface area contributed by atoms with Crippen molar-refractivity contribution in [2.75, 3.05) is 26.5 Å². The zero-order valence-electron chi connectivity index (χ0n) is 12.0. The number of nitro benzene ring substituents is 1. The molecular weight excluding hydrogens is 296 g/mol. The molecule has 7 nitrogen and oxygen atoms in total. The Bertz CT molecular complexity index is 561. The maximum Gasteiger partial charge on any atom is 0.325 e. The van der Waals surface area contributed by atoms with E-state index in [1.54, 1.807) is 13.0 Å². The quantitative estimate of drug-likeness (QED) is 0.345. The number of thioether (sulfide) groups is 1. The van der Waals surface area contributed by atoms with Crippen molar-refractivity contribution in [1.82, 2.24) is 4.90 Å². The second-order valence-corrected chi connectivity index (χ2v) is 4.92. The fourth-order valence-corrected chi connectivity index (χ4v) is 2.13. The van der Waals surface area contributed by atoms with Crippen LogP contribution >= 0.6 is 11.8 Å². The monoisotopic (exact) mass is 312 g/mol. The van der Waals surface area contributed by atoms with E-state index in [4.69, 9.17) is 0 Å². The largest absolute Gasteiger partial charge is 0.468 e. The number of carbonyl (C=O) groups excluding carboxylic acids is 2. The molecule has 0 N–H and O–H groups in total. The fraction of sp³-hybridized carbons (Fsp3) is 0.385. The molecule has 0 radical (unpaired) electrons. The van der Waals surface area contributed by atoms with Gasteiger partial charge in [0.25, 0.3) is 11.6 Å². The predicted molar refractivity (Wildman–Crippen MR) is 78.5 cm³/mol. The van der Waals surface area contributed by atoms with Gasteiger partial charge in [0.05, 0.1) is 12.0 Å². The number of rotatable bonds is 6. The summed E-state index contributed by atoms with van der Waals surface area (Å²) in [6.07, 6.45) is 1.81. The Hall–Kier alpha value is -2.09. The van der Waals surface area contributed by atoms with Gasteiger partial charge in [0.15, 0.2) is 0 Å². The number of likely N-dealkylation sites (N-methyl/N-ethyl adjacent to an activating group) is 1. The van der Waals surface area contributed by atoms with Crippen LogP contribution in [-0.4, -0.2) is 48.2 Å². The van der Waals surface area contributed by atoms with Crippen LogP contribution in [0.2, 0.25) is 0 Å². The molecule has 1 aromatic carbocycles. The van der Waals surface area contributed by atoms with Crippen LogP contribution in [-0.2, 0) is 9.53 Å². The molecule has 0 saturated carbocycles. The second-order valence-electron chi connectivity index (χ2n) is 4.04. The van der Waals surface area contributed by atoms with E-state index >= 15 is 0 Å². The molecule has 0 bridgehead atoms. The Labute approximate surface area is 126 Å². The first-order chi connectivity index (χ1) is 9.94. The van der Waals surface area contributed by atoms with E-state index in [2.05, 4.69) is 4.74 Å². The van der Waals surface area contributed by atoms with Crippen LogP contribution in [0.25, 0.3) is 0 Å². The third-order valence-electron chi connectivity index (χ3n) is 2.85. The van der Waals surface area contributed by atoms with Crippen LogP contribution in [0.1, 0.15) is 17.3 Å². The van der Waals surface area contributed by atoms with Gasteiger partial charge in [-0.15, -0.1) is 11.8 Å². The molecule has 0 aliphatic rings. The zero-order chi connectivity index (χ0) is 16.0. The second kappa shape index (κ2) is 7.63. The summed E-state index contributed by atoms with van der Waals surface area (Å²) >= 11 is 1.37. The minimum Gasteiger partial charge on any atom is -0.468 e. The van der Waals surface area contributed by atoms with Gasteiger partial charge in [-0.3, -0.25) is 19.7 Å². The van der Waals surface area contributed by atoms with E-state index in [0.717, 1.165) is 4.90 Å². The summed E-state index contributed by atoms with van der Waals surface area (Å²) in [6, 6.07) is 4.34. The van der Waals surface area contributed by atoms with Crippen molar-refractivity contribution < 1.29 is 19.2 Å². The topological polar surface area (TPSA) is 89.8 Å². The standard InChI is InChI=1S/C13H16N2O5S/c1-4-14(8-12(16)20-2)13(17)10-7-9(21-3)5-6-11(10)15(18)19/h5-7H,4,8H2,1-3H3. The van der Waals surface area contributed by atoms with Crippen molar-refractivity contribution in [3.63, 3.8) is 0 Å². The van der Waals surface area contributed by atoms with Gasteiger partial charge in [0, 0.05) is 17.5 Å². The minimum atomic E-state index is -0.608. The molecule has 0 aromatic heterocycles. The third-order valence-corrected chi connectivity index (χ3v) is 3.57. The van der Waals surface area contributed by atoms with Gasteiger partial charge >= 0.3 is 5.97 Å². The highest BCUT2D eigenvalue weighted by Gasteiger charge is 2.25. The highest BCUT2D eigenvalue weighted by molar-refractivity contribution is 7.98. The van der Waals surface area contributed by atoms with Gasteiger partial charge in [0.2, 0.25) is 0 Å². The summed E-state index contributed by atoms with van der Waals surface area (Å²) < 4.78 is 4.52. The Morgan fingerprint density at radius 2 is 2.10 bits per heavy atom. The first-order valence-electron chi connectivity index (χ1n) is 6.13. The van der Waals surface area contributed by atoms with Crippen molar-refractivity contribution in [3.05, 3.63) is 33.9 Å². The number of carbonyl (C=O) groups is 2. The molecule has 1 aromatic rings. The number of amides is 1. The molecule has 0 atom stereocenters. The molecule has 21 heavy (non-hydrogen) atoms. The van der Waals surface area contributed by atoms with Gasteiger partial charge in [-0.25, -0.2) is 0 Å². The average molecular weight is 312 g/mol. The van der Waals surface area contributed by atoms with Gasteiger partial charge in [-0.05, 0) is 25.3 Å². The lowest BCUT2D eigenvalue weighted by Crippen LogP contribution is -2.36. The smallest absolute Gasteiger partial charge is 0.325 e. The van der Waals surface area contributed by atoms with Crippen molar-refractivity contribution in [2.24, 2.45) is 0 Å². The number of hydrogen-bond donors (Lipinski definition) is 0. The van der Waals surface area contributed by atoms with Crippen molar-refractivity contribution in [2.45, 2.75) is 11.8 Å². The van der Waals surface area contributed by atoms with E-state index < -0.39 is 16.8 Å². The Morgan fingerprint density at radius 3 is 2.57 bits per heavy atom. The summed E-state index contributed by atoms with van der Waals surface area (Å²) in [5.41, 5.74) is -0.307. The SMILES string of the molecule is CCN(CC(=O)OC)C(=O)c1cc(SC)ccc1[N+](=O)[O-]. The molecule has 8 heteroatoms. The third kappa shape index (κ3) is 4.19. The molecular formula is C13H16N2O5S. The van der Waals surface area contributed by atoms with E-state index in [-0.39, 0.29) is 24.3 Å². The molecule has 114 valence electrons. The summed E-state index contributed by atoms with van der Waals surface area (Å²) in [7, 11) is 1.22. The van der Waals surface area contributed by atoms with Crippen LogP contribution in [0, 0.1) is 10.1 Å². The number of hydrogen-bond acceptors (Lipinski definition) is 6. The van der Waals surface area contributed by atoms with Gasteiger partial charge in [0.1, 0.15) is 12.1 Å². The highest BCUT2D eigenvalue weighted by atomic mass is 32.2. The van der Waals surface area contributed by atoms with Crippen molar-refractivity contribution >= 4 is 29.3 Å². The first-order valence-corrected chi connectivity index (χ1v) is 7.35. The van der Waals surface area contributed by atoms with Crippen LogP contribution in [0.5, 0.6) is 0 Å². The maximum atomic E-state index is 12.4. The minimum absolute atomic E-state index is 0.0300.